The molecule has 16 heavy (non-hydrogen) atoms. The molecule has 2 heterocycles. The predicted molar refractivity (Wildman–Crippen MR) is 54.2 cm³/mol. The van der Waals surface area contributed by atoms with Gasteiger partial charge in [-0.2, -0.15) is 10.5 Å². The summed E-state index contributed by atoms with van der Waals surface area (Å²) in [6, 6.07) is 7.52. The molecule has 0 saturated carbocycles. The molecular weight excluding hydrogens is 204 g/mol. The summed E-state index contributed by atoms with van der Waals surface area (Å²) in [5.74, 6) is 1.55. The van der Waals surface area contributed by atoms with E-state index in [0.717, 1.165) is 11.5 Å². The first-order chi connectivity index (χ1) is 7.74. The van der Waals surface area contributed by atoms with Gasteiger partial charge in [0, 0.05) is 0 Å². The quantitative estimate of drug-likeness (QED) is 0.756. The molecular formula is C11H8N4O. The van der Waals surface area contributed by atoms with Gasteiger partial charge in [0.25, 0.3) is 0 Å². The molecule has 0 N–H and O–H groups in total. The van der Waals surface area contributed by atoms with Gasteiger partial charge in [-0.3, -0.25) is 0 Å². The number of hydrogen-bond acceptors (Lipinski definition) is 4. The Balaban J connectivity index is 2.33. The summed E-state index contributed by atoms with van der Waals surface area (Å²) in [6.45, 7) is 2.26. The van der Waals surface area contributed by atoms with E-state index in [1.165, 1.54) is 6.33 Å². The van der Waals surface area contributed by atoms with E-state index in [1.54, 1.807) is 4.57 Å². The Hall–Kier alpha value is -2.53. The largest absolute Gasteiger partial charge is 0.464 e. The monoisotopic (exact) mass is 212 g/mol. The predicted octanol–water partition coefficient (Wildman–Crippen LogP) is 1.58. The van der Waals surface area contributed by atoms with Crippen molar-refractivity contribution < 1.29 is 4.42 Å². The van der Waals surface area contributed by atoms with Gasteiger partial charge in [-0.25, -0.2) is 4.98 Å². The van der Waals surface area contributed by atoms with Crippen LogP contribution in [0.3, 0.4) is 0 Å². The number of aromatic nitrogens is 2. The lowest BCUT2D eigenvalue weighted by Gasteiger charge is -1.99. The molecule has 78 valence electrons. The first kappa shape index (κ1) is 10.0. The van der Waals surface area contributed by atoms with E-state index in [4.69, 9.17) is 14.9 Å². The van der Waals surface area contributed by atoms with Gasteiger partial charge < -0.3 is 8.98 Å². The molecule has 2 aromatic rings. The van der Waals surface area contributed by atoms with Crippen molar-refractivity contribution >= 4 is 0 Å². The van der Waals surface area contributed by atoms with Crippen molar-refractivity contribution in [1.82, 2.24) is 9.55 Å². The number of furan rings is 1. The van der Waals surface area contributed by atoms with Crippen molar-refractivity contribution in [2.45, 2.75) is 13.5 Å². The third-order valence-electron chi connectivity index (χ3n) is 2.17. The maximum absolute atomic E-state index is 8.91. The van der Waals surface area contributed by atoms with Crippen molar-refractivity contribution in [1.29, 1.82) is 10.5 Å². The Kier molecular flexibility index (Phi) is 2.45. The van der Waals surface area contributed by atoms with Crippen LogP contribution < -0.4 is 0 Å². The Morgan fingerprint density at radius 3 is 2.75 bits per heavy atom. The lowest BCUT2D eigenvalue weighted by atomic mass is 10.3. The van der Waals surface area contributed by atoms with Gasteiger partial charge in [-0.15, -0.1) is 0 Å². The molecule has 0 fully saturated rings. The summed E-state index contributed by atoms with van der Waals surface area (Å²) in [6.07, 6.45) is 1.47. The fraction of sp³-hybridized carbons (Fsp3) is 0.182. The van der Waals surface area contributed by atoms with Gasteiger partial charge in [0.2, 0.25) is 0 Å². The van der Waals surface area contributed by atoms with Crippen molar-refractivity contribution in [2.24, 2.45) is 0 Å². The Labute approximate surface area is 92.2 Å². The van der Waals surface area contributed by atoms with Crippen molar-refractivity contribution in [3.8, 4) is 12.1 Å². The van der Waals surface area contributed by atoms with E-state index < -0.39 is 0 Å². The number of rotatable bonds is 2. The van der Waals surface area contributed by atoms with Crippen LogP contribution in [0.15, 0.2) is 22.9 Å². The van der Waals surface area contributed by atoms with Crippen LogP contribution in [0.4, 0.5) is 0 Å². The first-order valence-electron chi connectivity index (χ1n) is 4.65. The Morgan fingerprint density at radius 2 is 2.19 bits per heavy atom. The number of aryl methyl sites for hydroxylation is 1. The van der Waals surface area contributed by atoms with Crippen LogP contribution in [0, 0.1) is 29.6 Å². The smallest absolute Gasteiger partial charge is 0.176 e. The van der Waals surface area contributed by atoms with Crippen molar-refractivity contribution in [3.63, 3.8) is 0 Å². The molecule has 0 aliphatic carbocycles. The van der Waals surface area contributed by atoms with E-state index in [1.807, 2.05) is 31.2 Å². The zero-order chi connectivity index (χ0) is 11.5. The second-order valence-electron chi connectivity index (χ2n) is 3.31. The molecule has 0 unspecified atom stereocenters. The number of nitrogens with zero attached hydrogens (tertiary/aromatic N) is 4. The van der Waals surface area contributed by atoms with E-state index in [9.17, 15) is 0 Å². The zero-order valence-corrected chi connectivity index (χ0v) is 8.64. The van der Waals surface area contributed by atoms with Crippen LogP contribution in [0.2, 0.25) is 0 Å². The Bertz CT molecular complexity index is 594. The lowest BCUT2D eigenvalue weighted by molar-refractivity contribution is 0.469. The van der Waals surface area contributed by atoms with E-state index in [0.29, 0.717) is 6.54 Å². The summed E-state index contributed by atoms with van der Waals surface area (Å²) in [7, 11) is 0. The summed E-state index contributed by atoms with van der Waals surface area (Å²) in [4.78, 5) is 3.85. The molecule has 2 rings (SSSR count). The third kappa shape index (κ3) is 1.67. The van der Waals surface area contributed by atoms with E-state index >= 15 is 0 Å². The summed E-state index contributed by atoms with van der Waals surface area (Å²) >= 11 is 0. The van der Waals surface area contributed by atoms with Gasteiger partial charge in [0.15, 0.2) is 11.4 Å². The molecule has 0 aliphatic rings. The van der Waals surface area contributed by atoms with Crippen LogP contribution in [-0.4, -0.2) is 9.55 Å². The Morgan fingerprint density at radius 1 is 1.38 bits per heavy atom. The summed E-state index contributed by atoms with van der Waals surface area (Å²) in [5.41, 5.74) is 0.405. The second-order valence-corrected chi connectivity index (χ2v) is 3.31. The van der Waals surface area contributed by atoms with Gasteiger partial charge in [0.05, 0.1) is 12.9 Å². The maximum Gasteiger partial charge on any atom is 0.176 e. The molecule has 0 atom stereocenters. The van der Waals surface area contributed by atoms with Crippen LogP contribution in [-0.2, 0) is 6.54 Å². The van der Waals surface area contributed by atoms with Crippen molar-refractivity contribution in [2.75, 3.05) is 0 Å². The van der Waals surface area contributed by atoms with Crippen molar-refractivity contribution in [3.05, 3.63) is 41.4 Å². The second kappa shape index (κ2) is 3.92. The molecule has 0 aromatic carbocycles. The van der Waals surface area contributed by atoms with Gasteiger partial charge in [-0.05, 0) is 19.1 Å². The highest BCUT2D eigenvalue weighted by atomic mass is 16.3. The van der Waals surface area contributed by atoms with E-state index in [-0.39, 0.29) is 11.4 Å². The standard InChI is InChI=1S/C11H8N4O/c1-8-2-3-9(16-8)6-15-7-14-10(4-12)11(15)5-13/h2-3,7H,6H2,1H3. The highest BCUT2D eigenvalue weighted by molar-refractivity contribution is 5.36. The SMILES string of the molecule is Cc1ccc(Cn2cnc(C#N)c2C#N)o1. The highest BCUT2D eigenvalue weighted by Crippen LogP contribution is 2.11. The van der Waals surface area contributed by atoms with Crippen LogP contribution in [0.1, 0.15) is 22.9 Å². The molecule has 5 nitrogen and oxygen atoms in total. The normalized spacial score (nSPS) is 9.69. The van der Waals surface area contributed by atoms with Crippen LogP contribution in [0.25, 0.3) is 0 Å². The maximum atomic E-state index is 8.91. The number of imidazole rings is 1. The van der Waals surface area contributed by atoms with Crippen LogP contribution >= 0.6 is 0 Å². The molecule has 0 radical (unpaired) electrons. The number of hydrogen-bond donors (Lipinski definition) is 0. The lowest BCUT2D eigenvalue weighted by Crippen LogP contribution is -2.00. The molecule has 0 aliphatic heterocycles. The average Bonchev–Trinajstić information content (AvgIpc) is 2.85. The molecule has 2 aromatic heterocycles. The fourth-order valence-electron chi connectivity index (χ4n) is 1.44. The molecule has 5 heteroatoms. The zero-order valence-electron chi connectivity index (χ0n) is 8.64. The topological polar surface area (TPSA) is 78.5 Å². The fourth-order valence-corrected chi connectivity index (χ4v) is 1.44. The molecule has 0 saturated heterocycles. The average molecular weight is 212 g/mol. The highest BCUT2D eigenvalue weighted by Gasteiger charge is 2.11. The molecule has 0 bridgehead atoms. The summed E-state index contributed by atoms with van der Waals surface area (Å²) in [5, 5.41) is 17.6. The summed E-state index contributed by atoms with van der Waals surface area (Å²) < 4.78 is 6.98. The minimum absolute atomic E-state index is 0.144. The minimum atomic E-state index is 0.144. The minimum Gasteiger partial charge on any atom is -0.464 e. The first-order valence-corrected chi connectivity index (χ1v) is 4.65. The molecule has 0 spiro atoms. The third-order valence-corrected chi connectivity index (χ3v) is 2.17. The van der Waals surface area contributed by atoms with Crippen LogP contribution in [0.5, 0.6) is 0 Å². The van der Waals surface area contributed by atoms with Gasteiger partial charge >= 0.3 is 0 Å². The van der Waals surface area contributed by atoms with E-state index in [2.05, 4.69) is 4.98 Å². The molecule has 0 amide bonds. The number of nitriles is 2. The van der Waals surface area contributed by atoms with Gasteiger partial charge in [-0.1, -0.05) is 0 Å². The van der Waals surface area contributed by atoms with Gasteiger partial charge in [0.1, 0.15) is 23.7 Å².